The van der Waals surface area contributed by atoms with Crippen molar-refractivity contribution in [1.29, 1.82) is 0 Å². The van der Waals surface area contributed by atoms with E-state index in [1.165, 1.54) is 0 Å². The van der Waals surface area contributed by atoms with Gasteiger partial charge in [-0.15, -0.1) is 0 Å². The topological polar surface area (TPSA) is 71.3 Å². The largest absolute Gasteiger partial charge is 0.466 e. The average Bonchev–Trinajstić information content (AvgIpc) is 2.99. The van der Waals surface area contributed by atoms with Gasteiger partial charge in [0.25, 0.3) is 5.91 Å². The van der Waals surface area contributed by atoms with Crippen molar-refractivity contribution in [1.82, 2.24) is 15.3 Å². The van der Waals surface area contributed by atoms with Crippen molar-refractivity contribution in [3.8, 4) is 0 Å². The maximum absolute atomic E-state index is 12.6. The van der Waals surface area contributed by atoms with Gasteiger partial charge < -0.3 is 14.6 Å². The van der Waals surface area contributed by atoms with Crippen LogP contribution in [0.5, 0.6) is 0 Å². The molecule has 0 aliphatic carbocycles. The van der Waals surface area contributed by atoms with Gasteiger partial charge in [0.15, 0.2) is 0 Å². The first-order valence-corrected chi connectivity index (χ1v) is 10.6. The first-order chi connectivity index (χ1) is 13.5. The summed E-state index contributed by atoms with van der Waals surface area (Å²) in [5.74, 6) is 3.58. The van der Waals surface area contributed by atoms with Crippen LogP contribution < -0.4 is 10.2 Å². The number of aryl methyl sites for hydroxylation is 2. The second-order valence-corrected chi connectivity index (χ2v) is 9.44. The highest BCUT2D eigenvalue weighted by Crippen LogP contribution is 2.27. The Morgan fingerprint density at radius 3 is 2.34 bits per heavy atom. The van der Waals surface area contributed by atoms with Gasteiger partial charge in [-0.2, -0.15) is 0 Å². The normalized spacial score (nSPS) is 15.8. The Kier molecular flexibility index (Phi) is 6.01. The molecule has 3 heterocycles. The van der Waals surface area contributed by atoms with E-state index >= 15 is 0 Å². The number of anilines is 1. The fourth-order valence-corrected chi connectivity index (χ4v) is 3.63. The van der Waals surface area contributed by atoms with Crippen LogP contribution in [-0.4, -0.2) is 35.0 Å². The minimum atomic E-state index is -0.0445. The molecule has 1 aliphatic rings. The summed E-state index contributed by atoms with van der Waals surface area (Å²) in [5, 5.41) is 3.17. The van der Waals surface area contributed by atoms with Crippen molar-refractivity contribution >= 4 is 11.7 Å². The highest BCUT2D eigenvalue weighted by Gasteiger charge is 2.26. The van der Waals surface area contributed by atoms with Crippen molar-refractivity contribution in [2.24, 2.45) is 0 Å². The van der Waals surface area contributed by atoms with Crippen LogP contribution in [0.25, 0.3) is 0 Å². The zero-order chi connectivity index (χ0) is 21.3. The van der Waals surface area contributed by atoms with E-state index in [0.29, 0.717) is 11.3 Å². The number of hydrogen-bond donors (Lipinski definition) is 1. The minimum Gasteiger partial charge on any atom is -0.466 e. The summed E-state index contributed by atoms with van der Waals surface area (Å²) in [5.41, 5.74) is 1.69. The molecule has 0 unspecified atom stereocenters. The van der Waals surface area contributed by atoms with E-state index in [1.54, 1.807) is 0 Å². The summed E-state index contributed by atoms with van der Waals surface area (Å²) in [6.07, 6.45) is 1.79. The number of piperidine rings is 1. The zero-order valence-corrected chi connectivity index (χ0v) is 18.8. The molecular formula is C23H34N4O2. The Morgan fingerprint density at radius 2 is 1.83 bits per heavy atom. The number of carbonyl (C=O) groups excluding carboxylic acids is 1. The van der Waals surface area contributed by atoms with Crippen molar-refractivity contribution in [3.05, 3.63) is 40.7 Å². The van der Waals surface area contributed by atoms with Crippen LogP contribution in [-0.2, 0) is 5.41 Å². The molecule has 0 atom stereocenters. The van der Waals surface area contributed by atoms with Gasteiger partial charge in [-0.1, -0.05) is 34.6 Å². The Morgan fingerprint density at radius 1 is 1.17 bits per heavy atom. The summed E-state index contributed by atoms with van der Waals surface area (Å²) in [7, 11) is 0. The second-order valence-electron chi connectivity index (χ2n) is 9.44. The number of hydrogen-bond acceptors (Lipinski definition) is 5. The van der Waals surface area contributed by atoms with Crippen LogP contribution in [0.2, 0.25) is 0 Å². The van der Waals surface area contributed by atoms with Crippen molar-refractivity contribution in [3.63, 3.8) is 0 Å². The molecule has 0 aromatic carbocycles. The van der Waals surface area contributed by atoms with Gasteiger partial charge >= 0.3 is 0 Å². The van der Waals surface area contributed by atoms with Crippen LogP contribution in [0.15, 0.2) is 16.5 Å². The number of nitrogens with zero attached hydrogens (tertiary/aromatic N) is 3. The standard InChI is InChI=1S/C23H34N4O2/c1-14(2)21-25-19(23(5,6)7)13-20(26-21)27-10-8-17(9-11-27)24-22(28)18-12-15(3)29-16(18)4/h12-14,17H,8-11H2,1-7H3,(H,24,28). The summed E-state index contributed by atoms with van der Waals surface area (Å²) >= 11 is 0. The highest BCUT2D eigenvalue weighted by atomic mass is 16.3. The average molecular weight is 399 g/mol. The van der Waals surface area contributed by atoms with Crippen LogP contribution >= 0.6 is 0 Å². The summed E-state index contributed by atoms with van der Waals surface area (Å²) in [6, 6.07) is 4.10. The quantitative estimate of drug-likeness (QED) is 0.821. The number of carbonyl (C=O) groups is 1. The zero-order valence-electron chi connectivity index (χ0n) is 18.8. The molecule has 0 bridgehead atoms. The van der Waals surface area contributed by atoms with E-state index in [2.05, 4.69) is 50.9 Å². The van der Waals surface area contributed by atoms with E-state index < -0.39 is 0 Å². The van der Waals surface area contributed by atoms with E-state index in [4.69, 9.17) is 14.4 Å². The lowest BCUT2D eigenvalue weighted by molar-refractivity contribution is 0.0929. The van der Waals surface area contributed by atoms with Crippen molar-refractivity contribution in [2.45, 2.75) is 78.7 Å². The lowest BCUT2D eigenvalue weighted by Crippen LogP contribution is -2.45. The summed E-state index contributed by atoms with van der Waals surface area (Å²) in [4.78, 5) is 24.5. The second kappa shape index (κ2) is 8.17. The third-order valence-electron chi connectivity index (χ3n) is 5.45. The molecule has 0 saturated carbocycles. The summed E-state index contributed by atoms with van der Waals surface area (Å²) in [6.45, 7) is 16.2. The van der Waals surface area contributed by atoms with E-state index in [1.807, 2.05) is 19.9 Å². The fourth-order valence-electron chi connectivity index (χ4n) is 3.63. The number of nitrogens with one attached hydrogen (secondary N) is 1. The predicted molar refractivity (Wildman–Crippen MR) is 116 cm³/mol. The van der Waals surface area contributed by atoms with Gasteiger partial charge in [0.2, 0.25) is 0 Å². The third kappa shape index (κ3) is 4.98. The van der Waals surface area contributed by atoms with E-state index in [0.717, 1.165) is 49.0 Å². The lowest BCUT2D eigenvalue weighted by Gasteiger charge is -2.34. The SMILES string of the molecule is Cc1cc(C(=O)NC2CCN(c3cc(C(C)(C)C)nc(C(C)C)n3)CC2)c(C)o1. The number of furan rings is 1. The lowest BCUT2D eigenvalue weighted by atomic mass is 9.91. The summed E-state index contributed by atoms with van der Waals surface area (Å²) < 4.78 is 5.49. The van der Waals surface area contributed by atoms with E-state index in [9.17, 15) is 4.79 Å². The maximum atomic E-state index is 12.6. The third-order valence-corrected chi connectivity index (χ3v) is 5.45. The monoisotopic (exact) mass is 398 g/mol. The van der Waals surface area contributed by atoms with Gasteiger partial charge in [-0.05, 0) is 32.8 Å². The maximum Gasteiger partial charge on any atom is 0.255 e. The molecule has 1 N–H and O–H groups in total. The highest BCUT2D eigenvalue weighted by molar-refractivity contribution is 5.95. The van der Waals surface area contributed by atoms with Gasteiger partial charge in [0, 0.05) is 36.5 Å². The first kappa shape index (κ1) is 21.3. The number of amides is 1. The van der Waals surface area contributed by atoms with Gasteiger partial charge in [-0.25, -0.2) is 9.97 Å². The Labute approximate surface area is 174 Å². The Balaban J connectivity index is 1.68. The molecule has 6 heteroatoms. The van der Waals surface area contributed by atoms with Crippen LogP contribution in [0.1, 0.15) is 86.8 Å². The van der Waals surface area contributed by atoms with Crippen molar-refractivity contribution < 1.29 is 9.21 Å². The molecular weight excluding hydrogens is 364 g/mol. The van der Waals surface area contributed by atoms with Crippen molar-refractivity contribution in [2.75, 3.05) is 18.0 Å². The van der Waals surface area contributed by atoms with Gasteiger partial charge in [-0.3, -0.25) is 4.79 Å². The molecule has 29 heavy (non-hydrogen) atoms. The molecule has 2 aromatic rings. The molecule has 6 nitrogen and oxygen atoms in total. The molecule has 0 radical (unpaired) electrons. The number of aromatic nitrogens is 2. The first-order valence-electron chi connectivity index (χ1n) is 10.6. The molecule has 1 aliphatic heterocycles. The predicted octanol–water partition coefficient (Wildman–Crippen LogP) is 4.51. The molecule has 3 rings (SSSR count). The minimum absolute atomic E-state index is 0.0196. The van der Waals surface area contributed by atoms with Gasteiger partial charge in [0.05, 0.1) is 11.3 Å². The molecule has 1 fully saturated rings. The van der Waals surface area contributed by atoms with Crippen LogP contribution in [0.4, 0.5) is 5.82 Å². The van der Waals surface area contributed by atoms with E-state index in [-0.39, 0.29) is 23.3 Å². The number of rotatable bonds is 4. The Bertz CT molecular complexity index is 871. The van der Waals surface area contributed by atoms with Crippen LogP contribution in [0, 0.1) is 13.8 Å². The molecule has 1 saturated heterocycles. The Hall–Kier alpha value is -2.37. The smallest absolute Gasteiger partial charge is 0.255 e. The van der Waals surface area contributed by atoms with Crippen LogP contribution in [0.3, 0.4) is 0 Å². The molecule has 1 amide bonds. The molecule has 0 spiro atoms. The fraction of sp³-hybridized carbons (Fsp3) is 0.609. The molecule has 2 aromatic heterocycles. The van der Waals surface area contributed by atoms with Gasteiger partial charge in [0.1, 0.15) is 23.2 Å². The molecule has 158 valence electrons.